The fraction of sp³-hybridized carbons (Fsp3) is 0.571. The topological polar surface area (TPSA) is 63.2 Å². The van der Waals surface area contributed by atoms with E-state index in [1.807, 2.05) is 12.1 Å². The van der Waals surface area contributed by atoms with E-state index in [2.05, 4.69) is 22.5 Å². The zero-order chi connectivity index (χ0) is 13.5. The molecule has 2 rings (SSSR count). The van der Waals surface area contributed by atoms with E-state index in [-0.39, 0.29) is 12.5 Å². The number of pyridine rings is 1. The highest BCUT2D eigenvalue weighted by atomic mass is 16.5. The molecule has 0 saturated heterocycles. The molecule has 1 aromatic rings. The molecule has 0 radical (unpaired) electrons. The third-order valence-corrected chi connectivity index (χ3v) is 2.84. The zero-order valence-electron chi connectivity index (χ0n) is 11.3. The third kappa shape index (κ3) is 5.26. The number of aromatic nitrogens is 1. The Balaban J connectivity index is 1.69. The van der Waals surface area contributed by atoms with Crippen LogP contribution in [0, 0.1) is 0 Å². The van der Waals surface area contributed by atoms with Crippen molar-refractivity contribution in [2.75, 3.05) is 13.2 Å². The van der Waals surface area contributed by atoms with Crippen molar-refractivity contribution in [2.24, 2.45) is 0 Å². The van der Waals surface area contributed by atoms with E-state index in [1.165, 1.54) is 0 Å². The van der Waals surface area contributed by atoms with E-state index in [0.717, 1.165) is 38.0 Å². The second-order valence-electron chi connectivity index (χ2n) is 4.79. The van der Waals surface area contributed by atoms with Crippen LogP contribution < -0.4 is 15.4 Å². The number of amides is 1. The average Bonchev–Trinajstić information content (AvgIpc) is 3.22. The Morgan fingerprint density at radius 3 is 2.95 bits per heavy atom. The number of hydrogen-bond donors (Lipinski definition) is 2. The molecule has 1 heterocycles. The molecule has 1 aliphatic carbocycles. The third-order valence-electron chi connectivity index (χ3n) is 2.84. The first-order valence-corrected chi connectivity index (χ1v) is 6.85. The zero-order valence-corrected chi connectivity index (χ0v) is 11.3. The van der Waals surface area contributed by atoms with Crippen LogP contribution in [0.2, 0.25) is 0 Å². The molecule has 5 heteroatoms. The van der Waals surface area contributed by atoms with Gasteiger partial charge in [0, 0.05) is 12.6 Å². The molecule has 1 saturated carbocycles. The lowest BCUT2D eigenvalue weighted by Crippen LogP contribution is -2.30. The number of rotatable bonds is 8. The van der Waals surface area contributed by atoms with Crippen LogP contribution in [0.15, 0.2) is 18.3 Å². The van der Waals surface area contributed by atoms with Crippen molar-refractivity contribution in [3.63, 3.8) is 0 Å². The number of carbonyl (C=O) groups excluding carboxylic acids is 1. The van der Waals surface area contributed by atoms with Gasteiger partial charge in [0.25, 0.3) is 5.91 Å². The van der Waals surface area contributed by atoms with Crippen molar-refractivity contribution in [3.05, 3.63) is 24.0 Å². The van der Waals surface area contributed by atoms with E-state index in [1.54, 1.807) is 6.20 Å². The van der Waals surface area contributed by atoms with Crippen LogP contribution in [0.4, 0.5) is 0 Å². The van der Waals surface area contributed by atoms with Gasteiger partial charge in [-0.25, -0.2) is 0 Å². The van der Waals surface area contributed by atoms with Gasteiger partial charge in [-0.15, -0.1) is 0 Å². The summed E-state index contributed by atoms with van der Waals surface area (Å²) in [6, 6.07) is 4.14. The minimum Gasteiger partial charge on any atom is -0.482 e. The largest absolute Gasteiger partial charge is 0.482 e. The predicted octanol–water partition coefficient (Wildman–Crippen LogP) is 1.24. The van der Waals surface area contributed by atoms with Gasteiger partial charge in [0.2, 0.25) is 0 Å². The molecule has 19 heavy (non-hydrogen) atoms. The molecule has 2 N–H and O–H groups in total. The van der Waals surface area contributed by atoms with E-state index < -0.39 is 0 Å². The predicted molar refractivity (Wildman–Crippen MR) is 72.9 cm³/mol. The van der Waals surface area contributed by atoms with E-state index in [0.29, 0.717) is 11.8 Å². The highest BCUT2D eigenvalue weighted by Crippen LogP contribution is 2.18. The lowest BCUT2D eigenvalue weighted by atomic mass is 10.3. The maximum atomic E-state index is 11.4. The minimum atomic E-state index is -0.0591. The van der Waals surface area contributed by atoms with Crippen molar-refractivity contribution in [1.29, 1.82) is 0 Å². The van der Waals surface area contributed by atoms with Crippen molar-refractivity contribution in [1.82, 2.24) is 15.6 Å². The lowest BCUT2D eigenvalue weighted by molar-refractivity contribution is -0.123. The quantitative estimate of drug-likeness (QED) is 0.693. The van der Waals surface area contributed by atoms with Crippen molar-refractivity contribution >= 4 is 5.91 Å². The molecule has 0 aromatic carbocycles. The van der Waals surface area contributed by atoms with Crippen molar-refractivity contribution in [2.45, 2.75) is 38.8 Å². The molecular weight excluding hydrogens is 242 g/mol. The summed E-state index contributed by atoms with van der Waals surface area (Å²) in [6.07, 6.45) is 4.95. The van der Waals surface area contributed by atoms with Crippen LogP contribution in [-0.2, 0) is 11.3 Å². The molecule has 1 aliphatic rings. The van der Waals surface area contributed by atoms with Crippen LogP contribution in [-0.4, -0.2) is 30.1 Å². The maximum absolute atomic E-state index is 11.4. The summed E-state index contributed by atoms with van der Waals surface area (Å²) in [5.41, 5.74) is 0.975. The van der Waals surface area contributed by atoms with Gasteiger partial charge in [-0.2, -0.15) is 0 Å². The molecule has 1 amide bonds. The van der Waals surface area contributed by atoms with Crippen molar-refractivity contribution in [3.8, 4) is 5.75 Å². The molecule has 1 fully saturated rings. The first kappa shape index (κ1) is 13.8. The summed E-state index contributed by atoms with van der Waals surface area (Å²) in [5.74, 6) is 0.571. The number of nitrogens with one attached hydrogen (secondary N) is 2. The summed E-state index contributed by atoms with van der Waals surface area (Å²) < 4.78 is 5.38. The first-order valence-electron chi connectivity index (χ1n) is 6.85. The smallest absolute Gasteiger partial charge is 0.258 e. The average molecular weight is 263 g/mol. The van der Waals surface area contributed by atoms with E-state index >= 15 is 0 Å². The maximum Gasteiger partial charge on any atom is 0.258 e. The van der Waals surface area contributed by atoms with Gasteiger partial charge in [-0.05, 0) is 37.9 Å². The van der Waals surface area contributed by atoms with E-state index in [9.17, 15) is 4.79 Å². The fourth-order valence-corrected chi connectivity index (χ4v) is 1.64. The SMILES string of the molecule is CCCNCc1ccc(OCC(=O)NC2CC2)cn1. The highest BCUT2D eigenvalue weighted by molar-refractivity contribution is 5.78. The van der Waals surface area contributed by atoms with Crippen LogP contribution >= 0.6 is 0 Å². The van der Waals surface area contributed by atoms with Gasteiger partial charge in [-0.3, -0.25) is 9.78 Å². The van der Waals surface area contributed by atoms with Crippen LogP contribution in [0.3, 0.4) is 0 Å². The molecule has 5 nitrogen and oxygen atoms in total. The number of carbonyl (C=O) groups is 1. The number of hydrogen-bond acceptors (Lipinski definition) is 4. The second kappa shape index (κ2) is 7.09. The Morgan fingerprint density at radius 1 is 1.47 bits per heavy atom. The Kier molecular flexibility index (Phi) is 5.15. The standard InChI is InChI=1S/C14H21N3O2/c1-2-7-15-8-12-5-6-13(9-16-12)19-10-14(18)17-11-3-4-11/h5-6,9,11,15H,2-4,7-8,10H2,1H3,(H,17,18). The Morgan fingerprint density at radius 2 is 2.32 bits per heavy atom. The molecule has 0 spiro atoms. The summed E-state index contributed by atoms with van der Waals surface area (Å²) >= 11 is 0. The van der Waals surface area contributed by atoms with Crippen LogP contribution in [0.25, 0.3) is 0 Å². The second-order valence-corrected chi connectivity index (χ2v) is 4.79. The lowest BCUT2D eigenvalue weighted by Gasteiger charge is -2.07. The van der Waals surface area contributed by atoms with Crippen LogP contribution in [0.5, 0.6) is 5.75 Å². The molecule has 1 aromatic heterocycles. The molecule has 0 aliphatic heterocycles. The van der Waals surface area contributed by atoms with Gasteiger partial charge in [0.1, 0.15) is 5.75 Å². The highest BCUT2D eigenvalue weighted by Gasteiger charge is 2.23. The molecule has 0 unspecified atom stereocenters. The number of nitrogens with zero attached hydrogens (tertiary/aromatic N) is 1. The van der Waals surface area contributed by atoms with Gasteiger partial charge < -0.3 is 15.4 Å². The number of ether oxygens (including phenoxy) is 1. The Labute approximate surface area is 113 Å². The first-order chi connectivity index (χ1) is 9.28. The van der Waals surface area contributed by atoms with Gasteiger partial charge >= 0.3 is 0 Å². The minimum absolute atomic E-state index is 0.0591. The summed E-state index contributed by atoms with van der Waals surface area (Å²) in [5, 5.41) is 6.16. The van der Waals surface area contributed by atoms with E-state index in [4.69, 9.17) is 4.74 Å². The van der Waals surface area contributed by atoms with Crippen molar-refractivity contribution < 1.29 is 9.53 Å². The molecule has 104 valence electrons. The van der Waals surface area contributed by atoms with Gasteiger partial charge in [0.05, 0.1) is 11.9 Å². The molecule has 0 atom stereocenters. The Hall–Kier alpha value is -1.62. The van der Waals surface area contributed by atoms with Crippen LogP contribution in [0.1, 0.15) is 31.9 Å². The Bertz CT molecular complexity index is 402. The molecular formula is C14H21N3O2. The van der Waals surface area contributed by atoms with Gasteiger partial charge in [-0.1, -0.05) is 6.92 Å². The van der Waals surface area contributed by atoms with Gasteiger partial charge in [0.15, 0.2) is 6.61 Å². The fourth-order valence-electron chi connectivity index (χ4n) is 1.64. The monoisotopic (exact) mass is 263 g/mol. The normalized spacial score (nSPS) is 14.2. The summed E-state index contributed by atoms with van der Waals surface area (Å²) in [4.78, 5) is 15.7. The molecule has 0 bridgehead atoms. The summed E-state index contributed by atoms with van der Waals surface area (Å²) in [6.45, 7) is 3.94. The summed E-state index contributed by atoms with van der Waals surface area (Å²) in [7, 11) is 0.